The van der Waals surface area contributed by atoms with Crippen molar-refractivity contribution in [3.63, 3.8) is 0 Å². The number of nitrogens with zero attached hydrogens (tertiary/aromatic N) is 1. The van der Waals surface area contributed by atoms with Gasteiger partial charge in [-0.15, -0.1) is 0 Å². The highest BCUT2D eigenvalue weighted by molar-refractivity contribution is 7.84. The maximum Gasteiger partial charge on any atom is 0.286 e. The fraction of sp³-hybridized carbons (Fsp3) is 0.250. The predicted octanol–water partition coefficient (Wildman–Crippen LogP) is 0.412. The number of hydrogen-bond acceptors (Lipinski definition) is 3. The van der Waals surface area contributed by atoms with Gasteiger partial charge in [-0.1, -0.05) is 0 Å². The molecule has 1 aromatic rings. The second-order valence-electron chi connectivity index (χ2n) is 1.25. The molecule has 0 aliphatic carbocycles. The Morgan fingerprint density at radius 1 is 1.88 bits per heavy atom. The minimum absolute atomic E-state index is 0.282. The summed E-state index contributed by atoms with van der Waals surface area (Å²) in [6, 6.07) is 0. The van der Waals surface area contributed by atoms with Gasteiger partial charge in [-0.25, -0.2) is 9.19 Å². The molecule has 0 saturated heterocycles. The normalized spacial score (nSPS) is 13.6. The molecule has 1 atom stereocenters. The van der Waals surface area contributed by atoms with Crippen LogP contribution in [0.25, 0.3) is 0 Å². The first-order valence-corrected chi connectivity index (χ1v) is 3.59. The Morgan fingerprint density at radius 2 is 2.62 bits per heavy atom. The summed E-state index contributed by atoms with van der Waals surface area (Å²) in [5.74, 6) is 0. The van der Waals surface area contributed by atoms with Crippen LogP contribution in [0.15, 0.2) is 22.1 Å². The molecule has 0 aliphatic heterocycles. The van der Waals surface area contributed by atoms with Gasteiger partial charge in [0.1, 0.15) is 17.1 Å². The molecule has 1 aromatic heterocycles. The van der Waals surface area contributed by atoms with E-state index in [9.17, 15) is 4.21 Å². The SMILES string of the molecule is CS(=O)c1ncco1. The van der Waals surface area contributed by atoms with Gasteiger partial charge >= 0.3 is 0 Å². The number of hydrogen-bond donors (Lipinski definition) is 0. The van der Waals surface area contributed by atoms with Gasteiger partial charge in [-0.3, -0.25) is 0 Å². The van der Waals surface area contributed by atoms with Crippen molar-refractivity contribution in [2.45, 2.75) is 5.22 Å². The Hall–Kier alpha value is -0.640. The lowest BCUT2D eigenvalue weighted by Crippen LogP contribution is -1.84. The quantitative estimate of drug-likeness (QED) is 0.554. The van der Waals surface area contributed by atoms with E-state index in [0.717, 1.165) is 0 Å². The molecule has 0 aliphatic rings. The smallest absolute Gasteiger partial charge is 0.286 e. The Morgan fingerprint density at radius 3 is 2.88 bits per heavy atom. The van der Waals surface area contributed by atoms with E-state index < -0.39 is 10.8 Å². The first-order chi connectivity index (χ1) is 3.80. The molecule has 0 amide bonds. The van der Waals surface area contributed by atoms with E-state index >= 15 is 0 Å². The zero-order valence-electron chi connectivity index (χ0n) is 4.33. The van der Waals surface area contributed by atoms with E-state index in [2.05, 4.69) is 9.40 Å². The molecule has 4 heteroatoms. The van der Waals surface area contributed by atoms with E-state index in [0.29, 0.717) is 0 Å². The van der Waals surface area contributed by atoms with Gasteiger partial charge < -0.3 is 4.42 Å². The highest BCUT2D eigenvalue weighted by Gasteiger charge is 1.98. The Labute approximate surface area is 49.2 Å². The van der Waals surface area contributed by atoms with E-state index in [4.69, 9.17) is 0 Å². The summed E-state index contributed by atoms with van der Waals surface area (Å²) in [6.45, 7) is 0. The van der Waals surface area contributed by atoms with Crippen molar-refractivity contribution >= 4 is 10.8 Å². The molecule has 8 heavy (non-hydrogen) atoms. The lowest BCUT2D eigenvalue weighted by atomic mass is 11.0. The van der Waals surface area contributed by atoms with Gasteiger partial charge in [0.15, 0.2) is 0 Å². The van der Waals surface area contributed by atoms with E-state index in [1.54, 1.807) is 0 Å². The zero-order chi connectivity index (χ0) is 5.98. The Bertz CT molecular complexity index is 182. The monoisotopic (exact) mass is 131 g/mol. The van der Waals surface area contributed by atoms with Gasteiger partial charge in [0.05, 0.1) is 6.20 Å². The zero-order valence-corrected chi connectivity index (χ0v) is 5.14. The summed E-state index contributed by atoms with van der Waals surface area (Å²) in [5, 5.41) is 0.282. The summed E-state index contributed by atoms with van der Waals surface area (Å²) in [6.07, 6.45) is 4.39. The maximum absolute atomic E-state index is 10.5. The molecule has 0 fully saturated rings. The van der Waals surface area contributed by atoms with Crippen LogP contribution in [0.1, 0.15) is 0 Å². The molecule has 0 radical (unpaired) electrons. The molecule has 0 bridgehead atoms. The van der Waals surface area contributed by atoms with Crippen molar-refractivity contribution in [2.75, 3.05) is 6.26 Å². The summed E-state index contributed by atoms with van der Waals surface area (Å²) in [5.41, 5.74) is 0. The number of oxazole rings is 1. The molecule has 1 heterocycles. The molecule has 1 unspecified atom stereocenters. The van der Waals surface area contributed by atoms with Crippen LogP contribution in [-0.2, 0) is 10.8 Å². The molecular formula is C4H5NO2S. The number of rotatable bonds is 1. The van der Waals surface area contributed by atoms with Crippen molar-refractivity contribution < 1.29 is 8.63 Å². The van der Waals surface area contributed by atoms with Crippen molar-refractivity contribution in [1.82, 2.24) is 4.98 Å². The topological polar surface area (TPSA) is 43.1 Å². The van der Waals surface area contributed by atoms with Gasteiger partial charge in [0.25, 0.3) is 5.22 Å². The van der Waals surface area contributed by atoms with Crippen molar-refractivity contribution in [3.05, 3.63) is 12.5 Å². The van der Waals surface area contributed by atoms with Crippen molar-refractivity contribution in [1.29, 1.82) is 0 Å². The summed E-state index contributed by atoms with van der Waals surface area (Å²) in [7, 11) is -1.08. The lowest BCUT2D eigenvalue weighted by molar-refractivity contribution is 0.446. The van der Waals surface area contributed by atoms with Crippen LogP contribution in [0.5, 0.6) is 0 Å². The highest BCUT2D eigenvalue weighted by Crippen LogP contribution is 1.97. The first kappa shape index (κ1) is 5.50. The van der Waals surface area contributed by atoms with Crippen LogP contribution in [0.4, 0.5) is 0 Å². The van der Waals surface area contributed by atoms with Gasteiger partial charge in [-0.05, 0) is 0 Å². The minimum atomic E-state index is -1.08. The Balaban J connectivity index is 2.93. The largest absolute Gasteiger partial charge is 0.438 e. The average Bonchev–Trinajstić information content (AvgIpc) is 2.12. The molecule has 0 spiro atoms. The molecule has 0 N–H and O–H groups in total. The van der Waals surface area contributed by atoms with Crippen LogP contribution >= 0.6 is 0 Å². The average molecular weight is 131 g/mol. The molecule has 0 aromatic carbocycles. The van der Waals surface area contributed by atoms with Crippen LogP contribution < -0.4 is 0 Å². The van der Waals surface area contributed by atoms with Gasteiger partial charge in [0.2, 0.25) is 0 Å². The Kier molecular flexibility index (Phi) is 1.43. The first-order valence-electron chi connectivity index (χ1n) is 2.03. The van der Waals surface area contributed by atoms with Crippen LogP contribution in [0.2, 0.25) is 0 Å². The van der Waals surface area contributed by atoms with E-state index in [-0.39, 0.29) is 5.22 Å². The fourth-order valence-electron chi connectivity index (χ4n) is 0.352. The second-order valence-corrected chi connectivity index (χ2v) is 2.51. The van der Waals surface area contributed by atoms with Gasteiger partial charge in [0, 0.05) is 6.26 Å². The summed E-state index contributed by atoms with van der Waals surface area (Å²) >= 11 is 0. The number of aromatic nitrogens is 1. The minimum Gasteiger partial charge on any atom is -0.438 e. The van der Waals surface area contributed by atoms with E-state index in [1.807, 2.05) is 0 Å². The lowest BCUT2D eigenvalue weighted by Gasteiger charge is -1.79. The maximum atomic E-state index is 10.5. The second kappa shape index (κ2) is 2.09. The molecule has 3 nitrogen and oxygen atoms in total. The predicted molar refractivity (Wildman–Crippen MR) is 28.8 cm³/mol. The summed E-state index contributed by atoms with van der Waals surface area (Å²) < 4.78 is 15.1. The molecule has 1 rings (SSSR count). The van der Waals surface area contributed by atoms with Crippen LogP contribution in [-0.4, -0.2) is 15.4 Å². The molecule has 0 saturated carbocycles. The third-order valence-electron chi connectivity index (χ3n) is 0.656. The highest BCUT2D eigenvalue weighted by atomic mass is 32.2. The standard InChI is InChI=1S/C4H5NO2S/c1-8(6)4-5-2-3-7-4/h2-3H,1H3. The summed E-state index contributed by atoms with van der Waals surface area (Å²) in [4.78, 5) is 3.65. The fourth-order valence-corrected chi connectivity index (χ4v) is 0.753. The third-order valence-corrected chi connectivity index (χ3v) is 1.35. The van der Waals surface area contributed by atoms with Crippen LogP contribution in [0, 0.1) is 0 Å². The molecule has 44 valence electrons. The van der Waals surface area contributed by atoms with Crippen molar-refractivity contribution in [2.24, 2.45) is 0 Å². The van der Waals surface area contributed by atoms with E-state index in [1.165, 1.54) is 18.7 Å². The van der Waals surface area contributed by atoms with Crippen molar-refractivity contribution in [3.8, 4) is 0 Å². The molecular weight excluding hydrogens is 126 g/mol. The van der Waals surface area contributed by atoms with Crippen LogP contribution in [0.3, 0.4) is 0 Å². The van der Waals surface area contributed by atoms with Gasteiger partial charge in [-0.2, -0.15) is 0 Å². The third kappa shape index (κ3) is 0.949.